The number of hydrogen-bond acceptors (Lipinski definition) is 8. The van der Waals surface area contributed by atoms with Crippen molar-refractivity contribution in [1.29, 1.82) is 0 Å². The minimum absolute atomic E-state index is 0.00629. The summed E-state index contributed by atoms with van der Waals surface area (Å²) in [6, 6.07) is 23.3. The number of aliphatic hydroxyl groups is 1. The second-order valence-electron chi connectivity index (χ2n) is 10.9. The second kappa shape index (κ2) is 13.1. The summed E-state index contributed by atoms with van der Waals surface area (Å²) in [5, 5.41) is 12.4. The van der Waals surface area contributed by atoms with Crippen LogP contribution in [-0.4, -0.2) is 64.8 Å². The first kappa shape index (κ1) is 28.4. The molecule has 6 rings (SSSR count). The lowest BCUT2D eigenvalue weighted by Crippen LogP contribution is -2.42. The average Bonchev–Trinajstić information content (AvgIpc) is 3.47. The van der Waals surface area contributed by atoms with Gasteiger partial charge in [-0.1, -0.05) is 48.5 Å². The van der Waals surface area contributed by atoms with E-state index in [1.165, 1.54) is 6.20 Å². The fourth-order valence-corrected chi connectivity index (χ4v) is 5.80. The van der Waals surface area contributed by atoms with Crippen LogP contribution < -0.4 is 5.32 Å². The predicted molar refractivity (Wildman–Crippen MR) is 159 cm³/mol. The molecule has 3 aromatic carbocycles. The van der Waals surface area contributed by atoms with Crippen LogP contribution in [-0.2, 0) is 20.8 Å². The predicted octanol–water partition coefficient (Wildman–Crippen LogP) is 5.03. The van der Waals surface area contributed by atoms with E-state index in [-0.39, 0.29) is 30.4 Å². The third kappa shape index (κ3) is 6.51. The van der Waals surface area contributed by atoms with Crippen LogP contribution in [0.1, 0.15) is 58.8 Å². The van der Waals surface area contributed by atoms with E-state index >= 15 is 0 Å². The summed E-state index contributed by atoms with van der Waals surface area (Å²) < 4.78 is 18.5. The molecule has 2 N–H and O–H groups in total. The molecule has 4 atom stereocenters. The molecule has 218 valence electrons. The van der Waals surface area contributed by atoms with Gasteiger partial charge in [-0.05, 0) is 54.8 Å². The van der Waals surface area contributed by atoms with Gasteiger partial charge in [0.2, 0.25) is 0 Å². The summed E-state index contributed by atoms with van der Waals surface area (Å²) in [6.45, 7) is 2.56. The van der Waals surface area contributed by atoms with Crippen molar-refractivity contribution >= 4 is 22.6 Å². The van der Waals surface area contributed by atoms with Gasteiger partial charge in [-0.15, -0.1) is 0 Å². The number of benzene rings is 3. The number of anilines is 1. The molecule has 2 fully saturated rings. The van der Waals surface area contributed by atoms with Gasteiger partial charge in [0, 0.05) is 37.4 Å². The van der Waals surface area contributed by atoms with E-state index in [1.54, 1.807) is 7.11 Å². The van der Waals surface area contributed by atoms with Crippen LogP contribution in [0.3, 0.4) is 0 Å². The fraction of sp³-hybridized carbons (Fsp3) is 0.364. The lowest BCUT2D eigenvalue weighted by molar-refractivity contribution is -0.253. The third-order valence-electron chi connectivity index (χ3n) is 8.03. The van der Waals surface area contributed by atoms with E-state index in [9.17, 15) is 9.90 Å². The maximum atomic E-state index is 12.9. The number of ether oxygens (including phenoxy) is 3. The van der Waals surface area contributed by atoms with Gasteiger partial charge in [0.1, 0.15) is 5.69 Å². The Hall–Kier alpha value is -3.73. The first-order valence-corrected chi connectivity index (χ1v) is 14.5. The van der Waals surface area contributed by atoms with Crippen molar-refractivity contribution < 1.29 is 24.1 Å². The fourth-order valence-electron chi connectivity index (χ4n) is 5.80. The Balaban J connectivity index is 1.17. The lowest BCUT2D eigenvalue weighted by Gasteiger charge is -2.38. The van der Waals surface area contributed by atoms with Crippen LogP contribution in [0.25, 0.3) is 11.0 Å². The topological polar surface area (TPSA) is 106 Å². The van der Waals surface area contributed by atoms with Crippen molar-refractivity contribution in [2.24, 2.45) is 0 Å². The number of methoxy groups -OCH3 is 1. The van der Waals surface area contributed by atoms with E-state index < -0.39 is 6.29 Å². The van der Waals surface area contributed by atoms with E-state index in [1.807, 2.05) is 72.8 Å². The molecule has 0 radical (unpaired) electrons. The number of aliphatic hydroxyl groups excluding tert-OH is 1. The lowest BCUT2D eigenvalue weighted by atomic mass is 9.99. The molecule has 1 amide bonds. The van der Waals surface area contributed by atoms with Gasteiger partial charge in [0.15, 0.2) is 6.29 Å². The molecule has 9 nitrogen and oxygen atoms in total. The first-order chi connectivity index (χ1) is 20.6. The van der Waals surface area contributed by atoms with Gasteiger partial charge in [-0.25, -0.2) is 4.98 Å². The number of aromatic nitrogens is 2. The number of fused-ring (bicyclic) bond motifs is 1. The smallest absolute Gasteiger partial charge is 0.275 e. The number of rotatable bonds is 9. The number of nitrogens with one attached hydrogen (secondary N) is 1. The molecule has 2 saturated heterocycles. The molecule has 0 aliphatic carbocycles. The summed E-state index contributed by atoms with van der Waals surface area (Å²) in [5.41, 5.74) is 5.10. The largest absolute Gasteiger partial charge is 0.392 e. The Morgan fingerprint density at radius 2 is 1.79 bits per heavy atom. The number of likely N-dealkylation sites (tertiary alicyclic amines) is 1. The third-order valence-corrected chi connectivity index (χ3v) is 8.03. The zero-order chi connectivity index (χ0) is 28.9. The SMILES string of the molecule is COC[C@@H]1CCCN1C[C@H]1C[C@@H](c2ccc(CO)cc2)O[C@@H](c2ccc(NC(=O)c3cnc4ccccc4n3)cc2)O1. The minimum atomic E-state index is -0.564. The molecule has 0 saturated carbocycles. The van der Waals surface area contributed by atoms with Gasteiger partial charge < -0.3 is 24.6 Å². The van der Waals surface area contributed by atoms with Gasteiger partial charge in [-0.2, -0.15) is 0 Å². The van der Waals surface area contributed by atoms with E-state index in [2.05, 4.69) is 20.2 Å². The summed E-state index contributed by atoms with van der Waals surface area (Å²) in [6.07, 6.45) is 3.75. The maximum Gasteiger partial charge on any atom is 0.275 e. The Morgan fingerprint density at radius 3 is 2.55 bits per heavy atom. The highest BCUT2D eigenvalue weighted by Crippen LogP contribution is 2.39. The van der Waals surface area contributed by atoms with Crippen LogP contribution in [0.15, 0.2) is 79.0 Å². The highest BCUT2D eigenvalue weighted by Gasteiger charge is 2.35. The monoisotopic (exact) mass is 568 g/mol. The second-order valence-corrected chi connectivity index (χ2v) is 10.9. The van der Waals surface area contributed by atoms with Crippen molar-refractivity contribution in [3.05, 3.63) is 101 Å². The van der Waals surface area contributed by atoms with Crippen molar-refractivity contribution in [3.63, 3.8) is 0 Å². The maximum absolute atomic E-state index is 12.9. The van der Waals surface area contributed by atoms with E-state index in [0.717, 1.165) is 61.2 Å². The highest BCUT2D eigenvalue weighted by atomic mass is 16.7. The van der Waals surface area contributed by atoms with Crippen molar-refractivity contribution in [3.8, 4) is 0 Å². The van der Waals surface area contributed by atoms with Crippen molar-refractivity contribution in [1.82, 2.24) is 14.9 Å². The summed E-state index contributed by atoms with van der Waals surface area (Å²) in [5.74, 6) is -0.325. The van der Waals surface area contributed by atoms with Gasteiger partial charge in [0.25, 0.3) is 5.91 Å². The molecular weight excluding hydrogens is 532 g/mol. The number of hydrogen-bond donors (Lipinski definition) is 2. The molecule has 0 bridgehead atoms. The van der Waals surface area contributed by atoms with E-state index in [0.29, 0.717) is 17.2 Å². The van der Waals surface area contributed by atoms with Crippen LogP contribution in [0.2, 0.25) is 0 Å². The van der Waals surface area contributed by atoms with Crippen molar-refractivity contribution in [2.45, 2.75) is 50.4 Å². The summed E-state index contributed by atoms with van der Waals surface area (Å²) in [7, 11) is 1.75. The number of nitrogens with zero attached hydrogens (tertiary/aromatic N) is 3. The summed E-state index contributed by atoms with van der Waals surface area (Å²) >= 11 is 0. The zero-order valence-corrected chi connectivity index (χ0v) is 23.7. The Morgan fingerprint density at radius 1 is 1.02 bits per heavy atom. The summed E-state index contributed by atoms with van der Waals surface area (Å²) in [4.78, 5) is 24.1. The van der Waals surface area contributed by atoms with Crippen LogP contribution in [0, 0.1) is 0 Å². The number of para-hydroxylation sites is 2. The van der Waals surface area contributed by atoms with Crippen molar-refractivity contribution in [2.75, 3.05) is 32.1 Å². The van der Waals surface area contributed by atoms with Gasteiger partial charge in [0.05, 0.1) is 42.7 Å². The van der Waals surface area contributed by atoms with Crippen LogP contribution in [0.4, 0.5) is 5.69 Å². The number of amides is 1. The van der Waals surface area contributed by atoms with Gasteiger partial charge >= 0.3 is 0 Å². The minimum Gasteiger partial charge on any atom is -0.392 e. The molecule has 4 aromatic rings. The first-order valence-electron chi connectivity index (χ1n) is 14.5. The molecule has 3 heterocycles. The Kier molecular flexibility index (Phi) is 8.83. The van der Waals surface area contributed by atoms with E-state index in [4.69, 9.17) is 14.2 Å². The molecule has 42 heavy (non-hydrogen) atoms. The normalized spacial score (nSPS) is 22.8. The number of carbonyl (C=O) groups excluding carboxylic acids is 1. The molecule has 0 unspecified atom stereocenters. The molecule has 2 aliphatic heterocycles. The quantitative estimate of drug-likeness (QED) is 0.290. The molecule has 2 aliphatic rings. The average molecular weight is 569 g/mol. The molecule has 9 heteroatoms. The van der Waals surface area contributed by atoms with Crippen LogP contribution in [0.5, 0.6) is 0 Å². The number of carbonyl (C=O) groups is 1. The Labute approximate surface area is 245 Å². The zero-order valence-electron chi connectivity index (χ0n) is 23.7. The van der Waals surface area contributed by atoms with Gasteiger partial charge in [-0.3, -0.25) is 14.7 Å². The Bertz CT molecular complexity index is 1500. The van der Waals surface area contributed by atoms with Crippen LogP contribution >= 0.6 is 0 Å². The molecular formula is C33H36N4O5. The standard InChI is InChI=1S/C33H36N4O5/c1-40-21-26-5-4-16-37(26)19-27-17-31(23-10-8-22(20-38)9-11-23)42-33(41-27)24-12-14-25(15-13-24)35-32(39)30-18-34-28-6-2-3-7-29(28)36-30/h2-3,6-15,18,26-27,31,33,38H,4-5,16-17,19-21H2,1H3,(H,35,39)/t26-,27+,31-,33-/m0/s1. The molecule has 1 aromatic heterocycles. The highest BCUT2D eigenvalue weighted by molar-refractivity contribution is 6.03. The molecule has 0 spiro atoms.